The van der Waals surface area contributed by atoms with E-state index < -0.39 is 0 Å². The first-order valence-electron chi connectivity index (χ1n) is 7.31. The topological polar surface area (TPSA) is 37.9 Å². The Balaban J connectivity index is 1.92. The summed E-state index contributed by atoms with van der Waals surface area (Å²) < 4.78 is 6.68. The summed E-state index contributed by atoms with van der Waals surface area (Å²) in [6, 6.07) is 15.7. The summed E-state index contributed by atoms with van der Waals surface area (Å²) in [7, 11) is 0. The highest BCUT2D eigenvalue weighted by molar-refractivity contribution is 9.10. The Morgan fingerprint density at radius 1 is 1.13 bits per heavy atom. The van der Waals surface area contributed by atoms with Gasteiger partial charge >= 0.3 is 0 Å². The van der Waals surface area contributed by atoms with Crippen LogP contribution in [0.1, 0.15) is 13.8 Å². The van der Waals surface area contributed by atoms with Crippen LogP contribution in [0.2, 0.25) is 5.02 Å². The molecule has 1 N–H and O–H groups in total. The fraction of sp³-hybridized carbons (Fsp3) is 0.167. The third-order valence-electron chi connectivity index (χ3n) is 3.33. The average Bonchev–Trinajstić information content (AvgIpc) is 2.99. The Kier molecular flexibility index (Phi) is 4.74. The van der Waals surface area contributed by atoms with Gasteiger partial charge in [-0.3, -0.25) is 5.10 Å². The van der Waals surface area contributed by atoms with Gasteiger partial charge in [-0.1, -0.05) is 45.7 Å². The number of H-pyrrole nitrogens is 1. The number of ether oxygens (including phenoxy) is 1. The Morgan fingerprint density at radius 3 is 2.61 bits per heavy atom. The smallest absolute Gasteiger partial charge is 0.138 e. The van der Waals surface area contributed by atoms with Crippen LogP contribution in [0.25, 0.3) is 22.5 Å². The molecule has 3 rings (SSSR count). The maximum atomic E-state index is 6.30. The van der Waals surface area contributed by atoms with Crippen LogP contribution in [0.15, 0.2) is 53.0 Å². The lowest BCUT2D eigenvalue weighted by Gasteiger charge is -2.11. The molecule has 2 aromatic carbocycles. The summed E-state index contributed by atoms with van der Waals surface area (Å²) in [6.07, 6.45) is 0.0887. The van der Waals surface area contributed by atoms with Crippen molar-refractivity contribution in [2.45, 2.75) is 20.0 Å². The first kappa shape index (κ1) is 16.1. The quantitative estimate of drug-likeness (QED) is 0.597. The largest absolute Gasteiger partial charge is 0.489 e. The number of aromatic amines is 1. The van der Waals surface area contributed by atoms with Gasteiger partial charge in [-0.05, 0) is 44.2 Å². The van der Waals surface area contributed by atoms with Gasteiger partial charge in [-0.2, -0.15) is 5.10 Å². The standard InChI is InChI=1S/C18H16BrClN2O/c1-11(2)23-18-8-7-12(9-15(18)20)16-10-17(22-21-16)13-5-3-4-6-14(13)19/h3-11H,1-2H3,(H,21,22). The van der Waals surface area contributed by atoms with Crippen molar-refractivity contribution in [2.75, 3.05) is 0 Å². The second kappa shape index (κ2) is 6.77. The number of nitrogens with one attached hydrogen (secondary N) is 1. The molecule has 0 spiro atoms. The fourth-order valence-corrected chi connectivity index (χ4v) is 3.02. The van der Waals surface area contributed by atoms with E-state index in [0.717, 1.165) is 27.0 Å². The van der Waals surface area contributed by atoms with E-state index in [1.54, 1.807) is 0 Å². The third-order valence-corrected chi connectivity index (χ3v) is 4.32. The van der Waals surface area contributed by atoms with Crippen molar-refractivity contribution >= 4 is 27.5 Å². The minimum Gasteiger partial charge on any atom is -0.489 e. The lowest BCUT2D eigenvalue weighted by molar-refractivity contribution is 0.242. The molecule has 0 aliphatic heterocycles. The number of nitrogens with zero attached hydrogens (tertiary/aromatic N) is 1. The summed E-state index contributed by atoms with van der Waals surface area (Å²) in [5.41, 5.74) is 3.80. The first-order chi connectivity index (χ1) is 11.0. The molecular weight excluding hydrogens is 376 g/mol. The van der Waals surface area contributed by atoms with Gasteiger partial charge in [0.25, 0.3) is 0 Å². The van der Waals surface area contributed by atoms with E-state index in [1.165, 1.54) is 0 Å². The molecule has 3 nitrogen and oxygen atoms in total. The summed E-state index contributed by atoms with van der Waals surface area (Å²) in [6.45, 7) is 3.95. The van der Waals surface area contributed by atoms with Crippen molar-refractivity contribution in [1.82, 2.24) is 10.2 Å². The van der Waals surface area contributed by atoms with Crippen LogP contribution in [-0.4, -0.2) is 16.3 Å². The van der Waals surface area contributed by atoms with Crippen LogP contribution in [0.3, 0.4) is 0 Å². The van der Waals surface area contributed by atoms with Gasteiger partial charge in [0, 0.05) is 15.6 Å². The van der Waals surface area contributed by atoms with E-state index in [1.807, 2.05) is 62.4 Å². The number of rotatable bonds is 4. The highest BCUT2D eigenvalue weighted by Crippen LogP contribution is 2.33. The Morgan fingerprint density at radius 2 is 1.91 bits per heavy atom. The number of hydrogen-bond acceptors (Lipinski definition) is 2. The van der Waals surface area contributed by atoms with Crippen LogP contribution in [0.5, 0.6) is 5.75 Å². The van der Waals surface area contributed by atoms with Gasteiger partial charge in [0.2, 0.25) is 0 Å². The van der Waals surface area contributed by atoms with E-state index in [2.05, 4.69) is 26.1 Å². The predicted molar refractivity (Wildman–Crippen MR) is 97.9 cm³/mol. The highest BCUT2D eigenvalue weighted by Gasteiger charge is 2.11. The molecule has 0 amide bonds. The van der Waals surface area contributed by atoms with E-state index in [4.69, 9.17) is 16.3 Å². The molecule has 0 bridgehead atoms. The summed E-state index contributed by atoms with van der Waals surface area (Å²) in [5, 5.41) is 8.05. The number of halogens is 2. The maximum Gasteiger partial charge on any atom is 0.138 e. The van der Waals surface area contributed by atoms with Crippen molar-refractivity contribution < 1.29 is 4.74 Å². The maximum absolute atomic E-state index is 6.30. The average molecular weight is 392 g/mol. The molecule has 0 atom stereocenters. The van der Waals surface area contributed by atoms with Gasteiger partial charge in [-0.15, -0.1) is 0 Å². The van der Waals surface area contributed by atoms with Gasteiger partial charge in [0.15, 0.2) is 0 Å². The molecule has 5 heteroatoms. The lowest BCUT2D eigenvalue weighted by atomic mass is 10.1. The molecule has 1 heterocycles. The van der Waals surface area contributed by atoms with Crippen LogP contribution < -0.4 is 4.74 Å². The van der Waals surface area contributed by atoms with Crippen molar-refractivity contribution in [1.29, 1.82) is 0 Å². The monoisotopic (exact) mass is 390 g/mol. The van der Waals surface area contributed by atoms with Crippen molar-refractivity contribution in [2.24, 2.45) is 0 Å². The van der Waals surface area contributed by atoms with Gasteiger partial charge in [0.05, 0.1) is 22.5 Å². The normalized spacial score (nSPS) is 11.0. The van der Waals surface area contributed by atoms with Crippen LogP contribution in [0.4, 0.5) is 0 Å². The minimum atomic E-state index is 0.0887. The van der Waals surface area contributed by atoms with E-state index in [9.17, 15) is 0 Å². The Labute approximate surface area is 148 Å². The molecule has 1 aromatic heterocycles. The molecule has 0 fully saturated rings. The molecule has 3 aromatic rings. The van der Waals surface area contributed by atoms with Crippen molar-refractivity contribution in [3.8, 4) is 28.3 Å². The molecule has 0 radical (unpaired) electrons. The van der Waals surface area contributed by atoms with E-state index >= 15 is 0 Å². The van der Waals surface area contributed by atoms with Crippen LogP contribution >= 0.6 is 27.5 Å². The number of hydrogen-bond donors (Lipinski definition) is 1. The fourth-order valence-electron chi connectivity index (χ4n) is 2.30. The van der Waals surface area contributed by atoms with Crippen LogP contribution in [0, 0.1) is 0 Å². The number of aromatic nitrogens is 2. The van der Waals surface area contributed by atoms with E-state index in [0.29, 0.717) is 10.8 Å². The van der Waals surface area contributed by atoms with Gasteiger partial charge in [0.1, 0.15) is 5.75 Å². The van der Waals surface area contributed by atoms with Gasteiger partial charge < -0.3 is 4.74 Å². The zero-order chi connectivity index (χ0) is 16.4. The zero-order valence-electron chi connectivity index (χ0n) is 12.8. The lowest BCUT2D eigenvalue weighted by Crippen LogP contribution is -2.05. The molecular formula is C18H16BrClN2O. The highest BCUT2D eigenvalue weighted by atomic mass is 79.9. The Bertz CT molecular complexity index is 829. The molecule has 23 heavy (non-hydrogen) atoms. The zero-order valence-corrected chi connectivity index (χ0v) is 15.1. The Hall–Kier alpha value is -1.78. The minimum absolute atomic E-state index is 0.0887. The van der Waals surface area contributed by atoms with E-state index in [-0.39, 0.29) is 6.10 Å². The second-order valence-electron chi connectivity index (χ2n) is 5.46. The summed E-state index contributed by atoms with van der Waals surface area (Å²) in [4.78, 5) is 0. The molecule has 0 saturated carbocycles. The first-order valence-corrected chi connectivity index (χ1v) is 8.48. The molecule has 0 aliphatic carbocycles. The SMILES string of the molecule is CC(C)Oc1ccc(-c2cc(-c3ccccc3Br)[nH]n2)cc1Cl. The summed E-state index contributed by atoms with van der Waals surface area (Å²) >= 11 is 9.86. The second-order valence-corrected chi connectivity index (χ2v) is 6.72. The molecule has 0 unspecified atom stereocenters. The molecule has 0 aliphatic rings. The summed E-state index contributed by atoms with van der Waals surface area (Å²) in [5.74, 6) is 0.687. The van der Waals surface area contributed by atoms with Crippen molar-refractivity contribution in [3.63, 3.8) is 0 Å². The predicted octanol–water partition coefficient (Wildman–Crippen LogP) is 5.95. The van der Waals surface area contributed by atoms with Crippen LogP contribution in [-0.2, 0) is 0 Å². The van der Waals surface area contributed by atoms with Gasteiger partial charge in [-0.25, -0.2) is 0 Å². The third kappa shape index (κ3) is 3.59. The number of benzene rings is 2. The molecule has 0 saturated heterocycles. The van der Waals surface area contributed by atoms with Crippen molar-refractivity contribution in [3.05, 3.63) is 58.0 Å². The molecule has 118 valence electrons.